The number of nitrogens with two attached hydrogens (primary N) is 2. The highest BCUT2D eigenvalue weighted by Gasteiger charge is 2.30. The average Bonchev–Trinajstić information content (AvgIpc) is 2.76. The number of primary amides is 1. The van der Waals surface area contributed by atoms with Gasteiger partial charge in [0.05, 0.1) is 13.0 Å². The number of nitrogens with one attached hydrogen (secondary N) is 3. The quantitative estimate of drug-likeness (QED) is 0.156. The Morgan fingerprint density at radius 3 is 2.06 bits per heavy atom. The third kappa shape index (κ3) is 10.2. The van der Waals surface area contributed by atoms with Gasteiger partial charge in [0.25, 0.3) is 0 Å². The van der Waals surface area contributed by atoms with Crippen molar-refractivity contribution in [2.24, 2.45) is 11.5 Å². The van der Waals surface area contributed by atoms with Crippen molar-refractivity contribution in [2.75, 3.05) is 18.6 Å². The number of aromatic hydroxyl groups is 1. The lowest BCUT2D eigenvalue weighted by atomic mass is 10.0. The zero-order valence-corrected chi connectivity index (χ0v) is 18.9. The van der Waals surface area contributed by atoms with Crippen LogP contribution in [0, 0.1) is 0 Å². The lowest BCUT2D eigenvalue weighted by molar-refractivity contribution is -0.142. The van der Waals surface area contributed by atoms with Crippen LogP contribution in [-0.4, -0.2) is 76.5 Å². The monoisotopic (exact) mass is 483 g/mol. The number of hydrogen-bond donors (Lipinski definition) is 7. The van der Waals surface area contributed by atoms with E-state index in [2.05, 4.69) is 16.0 Å². The standard InChI is InChI=1S/C20H29N5O7S/c1-33-7-6-13(20(31)32)24-18(29)14(8-11-2-4-12(26)5-3-11)25-19(30)15(9-16(22)27)23-17(28)10-21/h2-5,13-15,26H,6-10,21H2,1H3,(H2,22,27)(H,23,28)(H,24,29)(H,25,30)(H,31,32). The second kappa shape index (κ2) is 14.0. The summed E-state index contributed by atoms with van der Waals surface area (Å²) in [7, 11) is 0. The summed E-state index contributed by atoms with van der Waals surface area (Å²) in [6, 6.07) is 2.04. The average molecular weight is 484 g/mol. The molecule has 9 N–H and O–H groups in total. The first-order chi connectivity index (χ1) is 15.6. The normalized spacial score (nSPS) is 13.3. The summed E-state index contributed by atoms with van der Waals surface area (Å²) in [5.74, 6) is -3.96. The molecule has 0 spiro atoms. The minimum atomic E-state index is -1.37. The zero-order valence-electron chi connectivity index (χ0n) is 18.1. The van der Waals surface area contributed by atoms with E-state index in [1.54, 1.807) is 6.26 Å². The summed E-state index contributed by atoms with van der Waals surface area (Å²) < 4.78 is 0. The maximum atomic E-state index is 12.9. The van der Waals surface area contributed by atoms with Crippen LogP contribution in [0.1, 0.15) is 18.4 Å². The molecule has 0 saturated heterocycles. The molecular weight excluding hydrogens is 454 g/mol. The molecule has 12 nitrogen and oxygen atoms in total. The largest absolute Gasteiger partial charge is 0.508 e. The molecule has 0 saturated carbocycles. The van der Waals surface area contributed by atoms with Crippen LogP contribution in [-0.2, 0) is 30.4 Å². The van der Waals surface area contributed by atoms with Crippen molar-refractivity contribution in [2.45, 2.75) is 37.4 Å². The molecule has 0 radical (unpaired) electrons. The number of hydrogen-bond acceptors (Lipinski definition) is 8. The number of rotatable bonds is 14. The summed E-state index contributed by atoms with van der Waals surface area (Å²) in [4.78, 5) is 60.2. The Morgan fingerprint density at radius 1 is 0.970 bits per heavy atom. The second-order valence-electron chi connectivity index (χ2n) is 7.11. The number of carboxylic acids is 1. The highest BCUT2D eigenvalue weighted by atomic mass is 32.2. The molecule has 0 heterocycles. The number of phenols is 1. The van der Waals surface area contributed by atoms with Crippen LogP contribution in [0.5, 0.6) is 5.75 Å². The van der Waals surface area contributed by atoms with Crippen LogP contribution in [0.3, 0.4) is 0 Å². The Bertz CT molecular complexity index is 850. The molecule has 4 amide bonds. The highest BCUT2D eigenvalue weighted by Crippen LogP contribution is 2.12. The number of thioether (sulfide) groups is 1. The van der Waals surface area contributed by atoms with Gasteiger partial charge < -0.3 is 37.6 Å². The lowest BCUT2D eigenvalue weighted by Crippen LogP contribution is -2.57. The van der Waals surface area contributed by atoms with Gasteiger partial charge in [-0.1, -0.05) is 12.1 Å². The predicted molar refractivity (Wildman–Crippen MR) is 121 cm³/mol. The van der Waals surface area contributed by atoms with Crippen LogP contribution in [0.15, 0.2) is 24.3 Å². The zero-order chi connectivity index (χ0) is 25.0. The molecule has 1 aromatic rings. The van der Waals surface area contributed by atoms with Gasteiger partial charge in [-0.3, -0.25) is 19.2 Å². The van der Waals surface area contributed by atoms with Crippen molar-refractivity contribution in [1.29, 1.82) is 0 Å². The van der Waals surface area contributed by atoms with Gasteiger partial charge in [0.15, 0.2) is 0 Å². The number of amides is 4. The highest BCUT2D eigenvalue weighted by molar-refractivity contribution is 7.98. The van der Waals surface area contributed by atoms with E-state index in [9.17, 15) is 34.2 Å². The SMILES string of the molecule is CSCCC(NC(=O)C(Cc1ccc(O)cc1)NC(=O)C(CC(N)=O)NC(=O)CN)C(=O)O. The Balaban J connectivity index is 3.10. The van der Waals surface area contributed by atoms with E-state index >= 15 is 0 Å². The van der Waals surface area contributed by atoms with E-state index in [1.165, 1.54) is 36.0 Å². The minimum absolute atomic E-state index is 0.00202. The maximum Gasteiger partial charge on any atom is 0.326 e. The topological polar surface area (TPSA) is 214 Å². The molecular formula is C20H29N5O7S. The van der Waals surface area contributed by atoms with Gasteiger partial charge in [0.1, 0.15) is 23.9 Å². The molecule has 0 fully saturated rings. The predicted octanol–water partition coefficient (Wildman–Crippen LogP) is -1.94. The van der Waals surface area contributed by atoms with Crippen molar-refractivity contribution < 1.29 is 34.2 Å². The van der Waals surface area contributed by atoms with Gasteiger partial charge in [0.2, 0.25) is 23.6 Å². The number of benzene rings is 1. The van der Waals surface area contributed by atoms with E-state index in [4.69, 9.17) is 11.5 Å². The molecule has 0 aliphatic carbocycles. The molecule has 13 heteroatoms. The third-order valence-corrected chi connectivity index (χ3v) is 5.12. The number of carboxylic acid groups (broad SMARTS) is 1. The first-order valence-electron chi connectivity index (χ1n) is 9.95. The molecule has 3 atom stereocenters. The summed E-state index contributed by atoms with van der Waals surface area (Å²) in [6.45, 7) is -0.435. The van der Waals surface area contributed by atoms with Gasteiger partial charge in [0, 0.05) is 6.42 Å². The van der Waals surface area contributed by atoms with Crippen LogP contribution in [0.4, 0.5) is 0 Å². The number of carbonyl (C=O) groups is 5. The van der Waals surface area contributed by atoms with Gasteiger partial charge in [-0.2, -0.15) is 11.8 Å². The molecule has 0 bridgehead atoms. The van der Waals surface area contributed by atoms with Gasteiger partial charge in [-0.05, 0) is 36.1 Å². The number of aliphatic carboxylic acids is 1. The number of phenolic OH excluding ortho intramolecular Hbond substituents is 1. The molecule has 3 unspecified atom stereocenters. The van der Waals surface area contributed by atoms with Crippen LogP contribution in [0.25, 0.3) is 0 Å². The van der Waals surface area contributed by atoms with Crippen molar-refractivity contribution in [3.8, 4) is 5.75 Å². The van der Waals surface area contributed by atoms with Crippen LogP contribution >= 0.6 is 11.8 Å². The maximum absolute atomic E-state index is 12.9. The fourth-order valence-corrected chi connectivity index (χ4v) is 3.25. The van der Waals surface area contributed by atoms with E-state index in [1.807, 2.05) is 0 Å². The fraction of sp³-hybridized carbons (Fsp3) is 0.450. The van der Waals surface area contributed by atoms with Crippen molar-refractivity contribution in [3.05, 3.63) is 29.8 Å². The molecule has 0 aliphatic heterocycles. The van der Waals surface area contributed by atoms with Crippen LogP contribution in [0.2, 0.25) is 0 Å². The summed E-state index contributed by atoms with van der Waals surface area (Å²) in [6.07, 6.45) is 1.37. The van der Waals surface area contributed by atoms with E-state index < -0.39 is 60.7 Å². The molecule has 0 aliphatic rings. The Labute approximate surface area is 194 Å². The third-order valence-electron chi connectivity index (χ3n) is 4.48. The van der Waals surface area contributed by atoms with Gasteiger partial charge in [-0.25, -0.2) is 4.79 Å². The Kier molecular flexibility index (Phi) is 11.7. The van der Waals surface area contributed by atoms with E-state index in [0.29, 0.717) is 11.3 Å². The molecule has 182 valence electrons. The molecule has 0 aromatic heterocycles. The van der Waals surface area contributed by atoms with Crippen molar-refractivity contribution >= 4 is 41.4 Å². The van der Waals surface area contributed by atoms with Gasteiger partial charge >= 0.3 is 5.97 Å². The smallest absolute Gasteiger partial charge is 0.326 e. The van der Waals surface area contributed by atoms with Crippen molar-refractivity contribution in [3.63, 3.8) is 0 Å². The summed E-state index contributed by atoms with van der Waals surface area (Å²) in [5, 5.41) is 26.0. The first kappa shape index (κ1) is 27.7. The lowest BCUT2D eigenvalue weighted by Gasteiger charge is -2.24. The van der Waals surface area contributed by atoms with Crippen molar-refractivity contribution in [1.82, 2.24) is 16.0 Å². The molecule has 33 heavy (non-hydrogen) atoms. The minimum Gasteiger partial charge on any atom is -0.508 e. The summed E-state index contributed by atoms with van der Waals surface area (Å²) in [5.41, 5.74) is 10.9. The van der Waals surface area contributed by atoms with Gasteiger partial charge in [-0.15, -0.1) is 0 Å². The fourth-order valence-electron chi connectivity index (χ4n) is 2.78. The Hall–Kier alpha value is -3.32. The second-order valence-corrected chi connectivity index (χ2v) is 8.09. The molecule has 1 rings (SSSR count). The van der Waals surface area contributed by atoms with Crippen LogP contribution < -0.4 is 27.4 Å². The molecule has 1 aromatic carbocycles. The Morgan fingerprint density at radius 2 is 1.55 bits per heavy atom. The number of carbonyl (C=O) groups excluding carboxylic acids is 4. The van der Waals surface area contributed by atoms with E-state index in [-0.39, 0.29) is 18.6 Å². The first-order valence-corrected chi connectivity index (χ1v) is 11.3. The van der Waals surface area contributed by atoms with E-state index in [0.717, 1.165) is 0 Å². The summed E-state index contributed by atoms with van der Waals surface area (Å²) >= 11 is 1.41.